The van der Waals surface area contributed by atoms with E-state index in [2.05, 4.69) is 26.3 Å². The number of nitrogens with one attached hydrogen (secondary N) is 4. The molecule has 2 rings (SSSR count). The van der Waals surface area contributed by atoms with E-state index in [9.17, 15) is 22.8 Å². The van der Waals surface area contributed by atoms with Crippen LogP contribution in [0.2, 0.25) is 0 Å². The highest BCUT2D eigenvalue weighted by molar-refractivity contribution is 8.13. The minimum Gasteiger partial charge on any atom is -0.379 e. The first-order chi connectivity index (χ1) is 15.2. The smallest absolute Gasteiger partial charge is 0.362 e. The number of anilines is 1. The molecule has 1 aromatic rings. The maximum absolute atomic E-state index is 12.8. The SMILES string of the molecule is CSC(=N)NNC(=O)C(C)(C)O/N=C(\C(=O)N[C@@H]1C(=O)N(S(=O)(=O)O)[C@H]1C)c1csc(N)n1. The van der Waals surface area contributed by atoms with E-state index in [0.29, 0.717) is 0 Å². The Labute approximate surface area is 196 Å². The van der Waals surface area contributed by atoms with Gasteiger partial charge in [-0.1, -0.05) is 16.9 Å². The number of oxime groups is 1. The second-order valence-corrected chi connectivity index (χ2v) is 10.0. The normalized spacial score (nSPS) is 18.9. The number of amides is 3. The van der Waals surface area contributed by atoms with Crippen LogP contribution in [-0.2, 0) is 29.5 Å². The first kappa shape index (κ1) is 26.3. The number of carbonyl (C=O) groups is 3. The molecule has 33 heavy (non-hydrogen) atoms. The molecule has 0 aromatic carbocycles. The monoisotopic (exact) mass is 522 g/mol. The summed E-state index contributed by atoms with van der Waals surface area (Å²) in [5.74, 6) is -2.72. The third-order valence-electron chi connectivity index (χ3n) is 4.26. The first-order valence-electron chi connectivity index (χ1n) is 8.97. The predicted molar refractivity (Wildman–Crippen MR) is 121 cm³/mol. The summed E-state index contributed by atoms with van der Waals surface area (Å²) < 4.78 is 31.8. The van der Waals surface area contributed by atoms with Gasteiger partial charge in [0.15, 0.2) is 16.0 Å². The van der Waals surface area contributed by atoms with Crippen LogP contribution in [0.15, 0.2) is 10.5 Å². The van der Waals surface area contributed by atoms with Crippen LogP contribution in [0.3, 0.4) is 0 Å². The van der Waals surface area contributed by atoms with Crippen LogP contribution >= 0.6 is 23.1 Å². The number of thioether (sulfide) groups is 1. The van der Waals surface area contributed by atoms with Crippen molar-refractivity contribution in [1.29, 1.82) is 5.41 Å². The number of nitrogen functional groups attached to an aromatic ring is 1. The van der Waals surface area contributed by atoms with E-state index >= 15 is 0 Å². The topological polar surface area (TPSA) is 229 Å². The number of carbonyl (C=O) groups excluding carboxylic acids is 3. The average molecular weight is 523 g/mol. The second-order valence-electron chi connectivity index (χ2n) is 7.03. The number of hydrogen-bond acceptors (Lipinski definition) is 12. The number of rotatable bonds is 7. The number of β-lactam (4-membered cyclic amide) rings is 1. The summed E-state index contributed by atoms with van der Waals surface area (Å²) in [6.45, 7) is 4.01. The molecule has 2 atom stereocenters. The number of aromatic nitrogens is 1. The van der Waals surface area contributed by atoms with E-state index in [1.54, 1.807) is 6.26 Å². The van der Waals surface area contributed by atoms with Crippen LogP contribution in [0.25, 0.3) is 0 Å². The fraction of sp³-hybridized carbons (Fsp3) is 0.467. The van der Waals surface area contributed by atoms with Gasteiger partial charge >= 0.3 is 10.3 Å². The zero-order chi connectivity index (χ0) is 25.1. The molecule has 18 heteroatoms. The highest BCUT2D eigenvalue weighted by Crippen LogP contribution is 2.23. The van der Waals surface area contributed by atoms with E-state index in [-0.39, 0.29) is 20.3 Å². The van der Waals surface area contributed by atoms with Crippen LogP contribution < -0.4 is 21.9 Å². The van der Waals surface area contributed by atoms with Gasteiger partial charge in [-0.05, 0) is 27.0 Å². The minimum absolute atomic E-state index is 0.0143. The molecule has 0 aliphatic carbocycles. The van der Waals surface area contributed by atoms with Gasteiger partial charge < -0.3 is 15.9 Å². The summed E-state index contributed by atoms with van der Waals surface area (Å²) in [7, 11) is -4.77. The number of nitrogens with zero attached hydrogens (tertiary/aromatic N) is 3. The first-order valence-corrected chi connectivity index (χ1v) is 12.5. The Bertz CT molecular complexity index is 1100. The summed E-state index contributed by atoms with van der Waals surface area (Å²) >= 11 is 2.04. The van der Waals surface area contributed by atoms with Gasteiger partial charge in [0.2, 0.25) is 5.60 Å². The van der Waals surface area contributed by atoms with Gasteiger partial charge in [0, 0.05) is 5.38 Å². The Morgan fingerprint density at radius 2 is 2.06 bits per heavy atom. The van der Waals surface area contributed by atoms with Crippen molar-refractivity contribution >= 4 is 67.1 Å². The molecule has 0 saturated carbocycles. The number of amidine groups is 1. The van der Waals surface area contributed by atoms with Crippen molar-refractivity contribution in [3.05, 3.63) is 11.1 Å². The van der Waals surface area contributed by atoms with Gasteiger partial charge in [-0.25, -0.2) is 9.29 Å². The maximum atomic E-state index is 12.8. The molecule has 182 valence electrons. The molecule has 0 bridgehead atoms. The Kier molecular flexibility index (Phi) is 7.88. The Morgan fingerprint density at radius 3 is 2.55 bits per heavy atom. The number of nitrogens with two attached hydrogens (primary N) is 1. The van der Waals surface area contributed by atoms with E-state index in [4.69, 9.17) is 20.5 Å². The van der Waals surface area contributed by atoms with Crippen molar-refractivity contribution in [2.45, 2.75) is 38.5 Å². The van der Waals surface area contributed by atoms with Crippen LogP contribution in [-0.4, -0.2) is 74.8 Å². The molecule has 1 aliphatic rings. The number of hydrogen-bond donors (Lipinski definition) is 6. The zero-order valence-corrected chi connectivity index (χ0v) is 20.2. The van der Waals surface area contributed by atoms with Gasteiger partial charge in [0.05, 0.1) is 6.04 Å². The average Bonchev–Trinajstić information content (AvgIpc) is 3.14. The molecule has 1 fully saturated rings. The van der Waals surface area contributed by atoms with Gasteiger partial charge in [0.25, 0.3) is 17.7 Å². The standard InChI is InChI=1S/C15H22N8O7S3/c1-6-8(11(25)23(6)33(27,28)29)19-10(24)9(7-5-32-13(16)18-7)22-30-15(2,3)12(26)20-21-14(17)31-4/h5-6,8H,1-4H3,(H2,16,18)(H2,17,21)(H,19,24)(H,20,26)(H,27,28,29)/b22-9-/t6-,8-/m0/s1. The highest BCUT2D eigenvalue weighted by Gasteiger charge is 2.51. The molecular weight excluding hydrogens is 500 g/mol. The van der Waals surface area contributed by atoms with Crippen molar-refractivity contribution in [3.8, 4) is 0 Å². The van der Waals surface area contributed by atoms with Crippen molar-refractivity contribution in [1.82, 2.24) is 25.5 Å². The lowest BCUT2D eigenvalue weighted by Gasteiger charge is -2.42. The van der Waals surface area contributed by atoms with Crippen LogP contribution in [0.5, 0.6) is 0 Å². The Hall–Kier alpha value is -2.96. The van der Waals surface area contributed by atoms with E-state index < -0.39 is 51.4 Å². The van der Waals surface area contributed by atoms with Crippen molar-refractivity contribution in [2.75, 3.05) is 12.0 Å². The third-order valence-corrected chi connectivity index (χ3v) is 6.45. The van der Waals surface area contributed by atoms with E-state index in [0.717, 1.165) is 23.1 Å². The lowest BCUT2D eigenvalue weighted by Crippen LogP contribution is -2.71. The molecule has 7 N–H and O–H groups in total. The third kappa shape index (κ3) is 6.09. The lowest BCUT2D eigenvalue weighted by molar-refractivity contribution is -0.144. The maximum Gasteiger partial charge on any atom is 0.362 e. The largest absolute Gasteiger partial charge is 0.379 e. The van der Waals surface area contributed by atoms with Crippen molar-refractivity contribution in [3.63, 3.8) is 0 Å². The molecular formula is C15H22N8O7S3. The molecule has 0 radical (unpaired) electrons. The summed E-state index contributed by atoms with van der Waals surface area (Å²) in [6.07, 6.45) is 1.63. The second kappa shape index (κ2) is 9.89. The Balaban J connectivity index is 2.21. The zero-order valence-electron chi connectivity index (χ0n) is 17.8. The quantitative estimate of drug-likeness (QED) is 0.0807. The molecule has 1 aliphatic heterocycles. The number of thiazole rings is 1. The van der Waals surface area contributed by atoms with Crippen LogP contribution in [0, 0.1) is 5.41 Å². The summed E-state index contributed by atoms with van der Waals surface area (Å²) in [5.41, 5.74) is 8.16. The highest BCUT2D eigenvalue weighted by atomic mass is 32.2. The minimum atomic E-state index is -4.77. The molecule has 0 unspecified atom stereocenters. The van der Waals surface area contributed by atoms with Crippen LogP contribution in [0.1, 0.15) is 26.5 Å². The molecule has 2 heterocycles. The van der Waals surface area contributed by atoms with Gasteiger partial charge in [-0.15, -0.1) is 11.3 Å². The predicted octanol–water partition coefficient (Wildman–Crippen LogP) is -1.34. The molecule has 15 nitrogen and oxygen atoms in total. The summed E-state index contributed by atoms with van der Waals surface area (Å²) in [4.78, 5) is 46.4. The fourth-order valence-corrected chi connectivity index (χ4v) is 4.01. The molecule has 3 amide bonds. The van der Waals surface area contributed by atoms with Crippen molar-refractivity contribution < 1.29 is 32.2 Å². The Morgan fingerprint density at radius 1 is 1.42 bits per heavy atom. The van der Waals surface area contributed by atoms with Gasteiger partial charge in [-0.2, -0.15) is 8.42 Å². The molecule has 1 saturated heterocycles. The summed E-state index contributed by atoms with van der Waals surface area (Å²) in [5, 5.41) is 15.0. The number of hydrazine groups is 1. The van der Waals surface area contributed by atoms with E-state index in [1.807, 2.05) is 0 Å². The molecule has 0 spiro atoms. The van der Waals surface area contributed by atoms with Crippen molar-refractivity contribution in [2.24, 2.45) is 5.16 Å². The van der Waals surface area contributed by atoms with E-state index in [1.165, 1.54) is 26.2 Å². The summed E-state index contributed by atoms with van der Waals surface area (Å²) in [6, 6.07) is -2.32. The van der Waals surface area contributed by atoms with Gasteiger partial charge in [-0.3, -0.25) is 35.2 Å². The fourth-order valence-electron chi connectivity index (χ4n) is 2.43. The van der Waals surface area contributed by atoms with Gasteiger partial charge in [0.1, 0.15) is 11.7 Å². The molecule has 1 aromatic heterocycles. The lowest BCUT2D eigenvalue weighted by atomic mass is 10.0. The van der Waals surface area contributed by atoms with Crippen LogP contribution in [0.4, 0.5) is 5.13 Å².